The summed E-state index contributed by atoms with van der Waals surface area (Å²) >= 11 is 0. The average molecular weight is 461 g/mol. The molecule has 0 saturated heterocycles. The van der Waals surface area contributed by atoms with Gasteiger partial charge in [0.25, 0.3) is 15.9 Å². The summed E-state index contributed by atoms with van der Waals surface area (Å²) in [6, 6.07) is 25.0. The molecular formula is C26H24N2O4S. The molecule has 0 aliphatic rings. The maximum absolute atomic E-state index is 12.7. The van der Waals surface area contributed by atoms with Crippen molar-refractivity contribution in [2.45, 2.75) is 18.7 Å². The Morgan fingerprint density at radius 1 is 0.848 bits per heavy atom. The van der Waals surface area contributed by atoms with E-state index in [9.17, 15) is 13.2 Å². The van der Waals surface area contributed by atoms with Gasteiger partial charge in [-0.3, -0.25) is 9.52 Å². The number of ether oxygens (including phenoxy) is 1. The van der Waals surface area contributed by atoms with E-state index in [0.29, 0.717) is 17.1 Å². The van der Waals surface area contributed by atoms with Crippen molar-refractivity contribution in [3.63, 3.8) is 0 Å². The molecule has 6 nitrogen and oxygen atoms in total. The van der Waals surface area contributed by atoms with Crippen LogP contribution in [0, 0.1) is 13.8 Å². The zero-order chi connectivity index (χ0) is 23.4. The highest BCUT2D eigenvalue weighted by atomic mass is 32.2. The predicted octanol–water partition coefficient (Wildman–Crippen LogP) is 5.27. The van der Waals surface area contributed by atoms with Gasteiger partial charge in [0, 0.05) is 5.69 Å². The van der Waals surface area contributed by atoms with Crippen LogP contribution in [0.5, 0.6) is 5.75 Å². The summed E-state index contributed by atoms with van der Waals surface area (Å²) in [4.78, 5) is 12.4. The third-order valence-electron chi connectivity index (χ3n) is 5.17. The largest absolute Gasteiger partial charge is 0.484 e. The van der Waals surface area contributed by atoms with Gasteiger partial charge in [0.15, 0.2) is 6.61 Å². The molecule has 0 aliphatic heterocycles. The number of hydrogen-bond acceptors (Lipinski definition) is 4. The Morgan fingerprint density at radius 2 is 1.58 bits per heavy atom. The minimum atomic E-state index is -3.75. The quantitative estimate of drug-likeness (QED) is 0.393. The van der Waals surface area contributed by atoms with Gasteiger partial charge in [-0.15, -0.1) is 0 Å². The highest BCUT2D eigenvalue weighted by Gasteiger charge is 2.15. The molecule has 0 fully saturated rings. The summed E-state index contributed by atoms with van der Waals surface area (Å²) in [6.45, 7) is 3.64. The Morgan fingerprint density at radius 3 is 2.30 bits per heavy atom. The molecule has 2 N–H and O–H groups in total. The van der Waals surface area contributed by atoms with Gasteiger partial charge in [0.05, 0.1) is 10.6 Å². The molecule has 168 valence electrons. The fourth-order valence-corrected chi connectivity index (χ4v) is 4.58. The second-order valence-electron chi connectivity index (χ2n) is 7.79. The minimum absolute atomic E-state index is 0.105. The van der Waals surface area contributed by atoms with Crippen LogP contribution in [0.25, 0.3) is 10.8 Å². The molecule has 4 aromatic carbocycles. The molecule has 33 heavy (non-hydrogen) atoms. The number of carbonyl (C=O) groups is 1. The van der Waals surface area contributed by atoms with Crippen LogP contribution in [-0.4, -0.2) is 20.9 Å². The molecule has 4 aromatic rings. The van der Waals surface area contributed by atoms with Gasteiger partial charge in [0.1, 0.15) is 5.75 Å². The van der Waals surface area contributed by atoms with E-state index in [2.05, 4.69) is 10.0 Å². The van der Waals surface area contributed by atoms with Crippen molar-refractivity contribution < 1.29 is 17.9 Å². The molecular weight excluding hydrogens is 436 g/mol. The van der Waals surface area contributed by atoms with E-state index in [4.69, 9.17) is 4.74 Å². The van der Waals surface area contributed by atoms with Crippen molar-refractivity contribution in [2.75, 3.05) is 16.6 Å². The molecule has 0 saturated carbocycles. The van der Waals surface area contributed by atoms with Crippen molar-refractivity contribution in [3.05, 3.63) is 96.1 Å². The zero-order valence-electron chi connectivity index (χ0n) is 18.3. The summed E-state index contributed by atoms with van der Waals surface area (Å²) < 4.78 is 33.6. The van der Waals surface area contributed by atoms with Crippen LogP contribution >= 0.6 is 0 Å². The van der Waals surface area contributed by atoms with Crippen molar-refractivity contribution >= 4 is 38.1 Å². The summed E-state index contributed by atoms with van der Waals surface area (Å²) in [7, 11) is -3.75. The van der Waals surface area contributed by atoms with Crippen LogP contribution < -0.4 is 14.8 Å². The third kappa shape index (κ3) is 5.51. The molecule has 0 heterocycles. The van der Waals surface area contributed by atoms with Gasteiger partial charge >= 0.3 is 0 Å². The van der Waals surface area contributed by atoms with E-state index in [-0.39, 0.29) is 17.4 Å². The minimum Gasteiger partial charge on any atom is -0.484 e. The smallest absolute Gasteiger partial charge is 0.262 e. The zero-order valence-corrected chi connectivity index (χ0v) is 19.1. The number of benzene rings is 4. The first-order valence-electron chi connectivity index (χ1n) is 10.4. The molecule has 7 heteroatoms. The number of carbonyl (C=O) groups excluding carboxylic acids is 1. The molecule has 0 radical (unpaired) electrons. The summed E-state index contributed by atoms with van der Waals surface area (Å²) in [6.07, 6.45) is 0. The lowest BCUT2D eigenvalue weighted by Gasteiger charge is -2.12. The van der Waals surface area contributed by atoms with Gasteiger partial charge in [0.2, 0.25) is 0 Å². The number of rotatable bonds is 7. The lowest BCUT2D eigenvalue weighted by atomic mass is 10.1. The number of hydrogen-bond donors (Lipinski definition) is 2. The molecule has 0 spiro atoms. The number of amides is 1. The van der Waals surface area contributed by atoms with Crippen LogP contribution in [0.1, 0.15) is 11.1 Å². The average Bonchev–Trinajstić information content (AvgIpc) is 2.80. The molecule has 0 aromatic heterocycles. The molecule has 0 atom stereocenters. The van der Waals surface area contributed by atoms with Crippen LogP contribution in [-0.2, 0) is 14.8 Å². The molecule has 0 unspecified atom stereocenters. The molecule has 0 bridgehead atoms. The van der Waals surface area contributed by atoms with Gasteiger partial charge in [-0.1, -0.05) is 48.0 Å². The lowest BCUT2D eigenvalue weighted by molar-refractivity contribution is -0.118. The molecule has 0 aliphatic carbocycles. The first kappa shape index (κ1) is 22.4. The van der Waals surface area contributed by atoms with E-state index in [1.165, 1.54) is 12.1 Å². The maximum atomic E-state index is 12.7. The van der Waals surface area contributed by atoms with Gasteiger partial charge in [-0.2, -0.15) is 0 Å². The second-order valence-corrected chi connectivity index (χ2v) is 9.48. The number of nitrogens with one attached hydrogen (secondary N) is 2. The monoisotopic (exact) mass is 460 g/mol. The molecule has 4 rings (SSSR count). The van der Waals surface area contributed by atoms with Crippen molar-refractivity contribution in [2.24, 2.45) is 0 Å². The summed E-state index contributed by atoms with van der Waals surface area (Å²) in [5.74, 6) is 0.259. The highest BCUT2D eigenvalue weighted by molar-refractivity contribution is 7.92. The fraction of sp³-hybridized carbons (Fsp3) is 0.115. The van der Waals surface area contributed by atoms with Crippen molar-refractivity contribution in [3.8, 4) is 5.75 Å². The Bertz CT molecular complexity index is 1410. The molecule has 1 amide bonds. The van der Waals surface area contributed by atoms with E-state index in [1.807, 2.05) is 68.4 Å². The van der Waals surface area contributed by atoms with Gasteiger partial charge in [-0.25, -0.2) is 8.42 Å². The van der Waals surface area contributed by atoms with Crippen LogP contribution in [0.2, 0.25) is 0 Å². The van der Waals surface area contributed by atoms with Crippen LogP contribution in [0.15, 0.2) is 89.8 Å². The fourth-order valence-electron chi connectivity index (χ4n) is 3.45. The van der Waals surface area contributed by atoms with Gasteiger partial charge in [-0.05, 0) is 72.6 Å². The Labute approximate surface area is 193 Å². The first-order valence-corrected chi connectivity index (χ1v) is 11.9. The Balaban J connectivity index is 1.36. The lowest BCUT2D eigenvalue weighted by Crippen LogP contribution is -2.20. The Hall–Kier alpha value is -3.84. The normalized spacial score (nSPS) is 11.2. The summed E-state index contributed by atoms with van der Waals surface area (Å²) in [5, 5.41) is 4.84. The van der Waals surface area contributed by atoms with Gasteiger partial charge < -0.3 is 10.1 Å². The maximum Gasteiger partial charge on any atom is 0.262 e. The van der Waals surface area contributed by atoms with Crippen LogP contribution in [0.4, 0.5) is 11.4 Å². The van der Waals surface area contributed by atoms with Crippen LogP contribution in [0.3, 0.4) is 0 Å². The van der Waals surface area contributed by atoms with E-state index < -0.39 is 10.0 Å². The number of aryl methyl sites for hydroxylation is 2. The van der Waals surface area contributed by atoms with E-state index >= 15 is 0 Å². The number of anilines is 2. The second kappa shape index (κ2) is 9.34. The van der Waals surface area contributed by atoms with Crippen molar-refractivity contribution in [1.29, 1.82) is 0 Å². The van der Waals surface area contributed by atoms with Crippen molar-refractivity contribution in [1.82, 2.24) is 0 Å². The highest BCUT2D eigenvalue weighted by Crippen LogP contribution is 2.23. The van der Waals surface area contributed by atoms with E-state index in [0.717, 1.165) is 21.9 Å². The Kier molecular flexibility index (Phi) is 6.33. The number of sulfonamides is 1. The third-order valence-corrected chi connectivity index (χ3v) is 6.55. The topological polar surface area (TPSA) is 84.5 Å². The van der Waals surface area contributed by atoms with E-state index in [1.54, 1.807) is 18.2 Å². The standard InChI is InChI=1S/C26H24N2O4S/c1-18-7-14-25(19(2)15-18)28-33(30,31)24-12-9-22(10-13-24)27-26(29)17-32-23-11-8-20-5-3-4-6-21(20)16-23/h3-16,28H,17H2,1-2H3,(H,27,29). The predicted molar refractivity (Wildman–Crippen MR) is 131 cm³/mol. The number of fused-ring (bicyclic) bond motifs is 1. The first-order chi connectivity index (χ1) is 15.8. The summed E-state index contributed by atoms with van der Waals surface area (Å²) in [5.41, 5.74) is 2.91. The SMILES string of the molecule is Cc1ccc(NS(=O)(=O)c2ccc(NC(=O)COc3ccc4ccccc4c3)cc2)c(C)c1.